The molecule has 2 rings (SSSR count). The quantitative estimate of drug-likeness (QED) is 0.824. The maximum Gasteiger partial charge on any atom is 0.125 e. The average molecular weight is 343 g/mol. The highest BCUT2D eigenvalue weighted by atomic mass is 79.9. The van der Waals surface area contributed by atoms with E-state index in [0.29, 0.717) is 13.0 Å². The smallest absolute Gasteiger partial charge is 0.125 e. The molecule has 0 aromatic heterocycles. The molecular weight excluding hydrogens is 320 g/mol. The zero-order chi connectivity index (χ0) is 14.5. The highest BCUT2D eigenvalue weighted by Crippen LogP contribution is 2.34. The van der Waals surface area contributed by atoms with Crippen LogP contribution in [-0.2, 0) is 17.6 Å². The number of fused-ring (bicyclic) bond motifs is 1. The maximum atomic E-state index is 10.5. The number of hydrogen-bond acceptors (Lipinski definition) is 3. The zero-order valence-electron chi connectivity index (χ0n) is 12.2. The molecule has 4 heteroatoms. The summed E-state index contributed by atoms with van der Waals surface area (Å²) in [4.78, 5) is 0. The normalized spacial score (nSPS) is 16.6. The minimum absolute atomic E-state index is 0.0963. The first-order chi connectivity index (χ1) is 9.65. The third kappa shape index (κ3) is 3.74. The molecule has 112 valence electrons. The first-order valence-corrected chi connectivity index (χ1v) is 8.18. The van der Waals surface area contributed by atoms with Crippen molar-refractivity contribution >= 4 is 15.9 Å². The van der Waals surface area contributed by atoms with Gasteiger partial charge in [0.1, 0.15) is 5.75 Å². The van der Waals surface area contributed by atoms with Crippen LogP contribution < -0.4 is 4.74 Å². The SMILES string of the molecule is CCCC(OCC)C(O)Cc1cc(Br)cc2c1OCC2. The van der Waals surface area contributed by atoms with Crippen LogP contribution in [0.5, 0.6) is 5.75 Å². The molecule has 1 aromatic carbocycles. The Labute approximate surface area is 129 Å². The number of aliphatic hydroxyl groups excluding tert-OH is 1. The predicted octanol–water partition coefficient (Wildman–Crippen LogP) is 3.49. The molecule has 2 unspecified atom stereocenters. The molecule has 0 radical (unpaired) electrons. The van der Waals surface area contributed by atoms with E-state index in [0.717, 1.165) is 41.7 Å². The van der Waals surface area contributed by atoms with Crippen molar-refractivity contribution in [2.75, 3.05) is 13.2 Å². The summed E-state index contributed by atoms with van der Waals surface area (Å²) in [7, 11) is 0. The second-order valence-electron chi connectivity index (χ2n) is 5.21. The van der Waals surface area contributed by atoms with Crippen LogP contribution in [0.25, 0.3) is 0 Å². The van der Waals surface area contributed by atoms with Gasteiger partial charge in [-0.2, -0.15) is 0 Å². The Morgan fingerprint density at radius 2 is 2.20 bits per heavy atom. The molecule has 0 bridgehead atoms. The van der Waals surface area contributed by atoms with Gasteiger partial charge in [-0.15, -0.1) is 0 Å². The van der Waals surface area contributed by atoms with E-state index < -0.39 is 6.10 Å². The van der Waals surface area contributed by atoms with Crippen LogP contribution in [0.15, 0.2) is 16.6 Å². The topological polar surface area (TPSA) is 38.7 Å². The van der Waals surface area contributed by atoms with Gasteiger partial charge < -0.3 is 14.6 Å². The molecule has 0 amide bonds. The highest BCUT2D eigenvalue weighted by Gasteiger charge is 2.24. The van der Waals surface area contributed by atoms with Crippen molar-refractivity contribution in [3.05, 3.63) is 27.7 Å². The third-order valence-corrected chi connectivity index (χ3v) is 4.10. The molecule has 0 saturated carbocycles. The van der Waals surface area contributed by atoms with Gasteiger partial charge in [0.15, 0.2) is 0 Å². The van der Waals surface area contributed by atoms with Crippen LogP contribution in [0.2, 0.25) is 0 Å². The third-order valence-electron chi connectivity index (χ3n) is 3.64. The van der Waals surface area contributed by atoms with Crippen molar-refractivity contribution in [2.24, 2.45) is 0 Å². The van der Waals surface area contributed by atoms with E-state index in [-0.39, 0.29) is 6.10 Å². The van der Waals surface area contributed by atoms with Crippen LogP contribution in [-0.4, -0.2) is 30.5 Å². The fourth-order valence-electron chi connectivity index (χ4n) is 2.74. The van der Waals surface area contributed by atoms with Gasteiger partial charge in [-0.3, -0.25) is 0 Å². The van der Waals surface area contributed by atoms with Gasteiger partial charge in [0.05, 0.1) is 18.8 Å². The average Bonchev–Trinajstić information content (AvgIpc) is 2.86. The molecule has 20 heavy (non-hydrogen) atoms. The van der Waals surface area contributed by atoms with E-state index in [9.17, 15) is 5.11 Å². The van der Waals surface area contributed by atoms with Crippen molar-refractivity contribution in [2.45, 2.75) is 51.7 Å². The number of ether oxygens (including phenoxy) is 2. The van der Waals surface area contributed by atoms with E-state index in [1.807, 2.05) is 13.0 Å². The van der Waals surface area contributed by atoms with E-state index in [1.165, 1.54) is 5.56 Å². The van der Waals surface area contributed by atoms with Gasteiger partial charge in [-0.05, 0) is 36.6 Å². The fraction of sp³-hybridized carbons (Fsp3) is 0.625. The molecular formula is C16H23BrO3. The second kappa shape index (κ2) is 7.43. The molecule has 1 N–H and O–H groups in total. The van der Waals surface area contributed by atoms with Crippen LogP contribution in [0.3, 0.4) is 0 Å². The summed E-state index contributed by atoms with van der Waals surface area (Å²) in [5.41, 5.74) is 2.30. The summed E-state index contributed by atoms with van der Waals surface area (Å²) < 4.78 is 12.4. The lowest BCUT2D eigenvalue weighted by atomic mass is 9.98. The van der Waals surface area contributed by atoms with E-state index >= 15 is 0 Å². The van der Waals surface area contributed by atoms with Crippen LogP contribution >= 0.6 is 15.9 Å². The Bertz CT molecular complexity index is 442. The van der Waals surface area contributed by atoms with Gasteiger partial charge in [-0.1, -0.05) is 29.3 Å². The predicted molar refractivity (Wildman–Crippen MR) is 83.4 cm³/mol. The molecule has 3 nitrogen and oxygen atoms in total. The number of benzene rings is 1. The Kier molecular flexibility index (Phi) is 5.87. The van der Waals surface area contributed by atoms with Crippen molar-refractivity contribution in [1.29, 1.82) is 0 Å². The van der Waals surface area contributed by atoms with Gasteiger partial charge in [0, 0.05) is 23.9 Å². The summed E-state index contributed by atoms with van der Waals surface area (Å²) in [5.74, 6) is 0.957. The lowest BCUT2D eigenvalue weighted by Crippen LogP contribution is -2.31. The molecule has 2 atom stereocenters. The van der Waals surface area contributed by atoms with Gasteiger partial charge in [0.25, 0.3) is 0 Å². The van der Waals surface area contributed by atoms with Crippen molar-refractivity contribution in [1.82, 2.24) is 0 Å². The van der Waals surface area contributed by atoms with Crippen LogP contribution in [0, 0.1) is 0 Å². The van der Waals surface area contributed by atoms with E-state index in [1.54, 1.807) is 0 Å². The van der Waals surface area contributed by atoms with Crippen LogP contribution in [0.4, 0.5) is 0 Å². The second-order valence-corrected chi connectivity index (χ2v) is 6.12. The number of rotatable bonds is 7. The monoisotopic (exact) mass is 342 g/mol. The summed E-state index contributed by atoms with van der Waals surface area (Å²) >= 11 is 3.54. The maximum absolute atomic E-state index is 10.5. The molecule has 1 aliphatic rings. The molecule has 0 spiro atoms. The Hall–Kier alpha value is -0.580. The van der Waals surface area contributed by atoms with E-state index in [2.05, 4.69) is 28.9 Å². The molecule has 1 heterocycles. The van der Waals surface area contributed by atoms with Crippen molar-refractivity contribution in [3.63, 3.8) is 0 Å². The lowest BCUT2D eigenvalue weighted by molar-refractivity contribution is -0.0365. The number of halogens is 1. The van der Waals surface area contributed by atoms with Gasteiger partial charge in [0.2, 0.25) is 0 Å². The van der Waals surface area contributed by atoms with Crippen molar-refractivity contribution in [3.8, 4) is 5.75 Å². The molecule has 0 aliphatic carbocycles. The lowest BCUT2D eigenvalue weighted by Gasteiger charge is -2.23. The summed E-state index contributed by atoms with van der Waals surface area (Å²) in [6.07, 6.45) is 2.83. The highest BCUT2D eigenvalue weighted by molar-refractivity contribution is 9.10. The summed E-state index contributed by atoms with van der Waals surface area (Å²) in [5, 5.41) is 10.5. The summed E-state index contributed by atoms with van der Waals surface area (Å²) in [6.45, 7) is 5.45. The van der Waals surface area contributed by atoms with Gasteiger partial charge >= 0.3 is 0 Å². The molecule has 1 aliphatic heterocycles. The summed E-state index contributed by atoms with van der Waals surface area (Å²) in [6, 6.07) is 4.15. The molecule has 0 fully saturated rings. The Morgan fingerprint density at radius 3 is 2.90 bits per heavy atom. The zero-order valence-corrected chi connectivity index (χ0v) is 13.8. The first kappa shape index (κ1) is 15.8. The standard InChI is InChI=1S/C16H23BrO3/c1-3-5-15(19-4-2)14(18)10-12-9-13(17)8-11-6-7-20-16(11)12/h8-9,14-15,18H,3-7,10H2,1-2H3. The molecule has 1 aromatic rings. The van der Waals surface area contributed by atoms with Crippen LogP contribution in [0.1, 0.15) is 37.8 Å². The first-order valence-electron chi connectivity index (χ1n) is 7.39. The van der Waals surface area contributed by atoms with E-state index in [4.69, 9.17) is 9.47 Å². The number of hydrogen-bond donors (Lipinski definition) is 1. The Balaban J connectivity index is 2.12. The Morgan fingerprint density at radius 1 is 1.40 bits per heavy atom. The van der Waals surface area contributed by atoms with Crippen molar-refractivity contribution < 1.29 is 14.6 Å². The fourth-order valence-corrected chi connectivity index (χ4v) is 3.29. The van der Waals surface area contributed by atoms with Gasteiger partial charge in [-0.25, -0.2) is 0 Å². The number of aliphatic hydroxyl groups is 1. The largest absolute Gasteiger partial charge is 0.493 e. The minimum atomic E-state index is -0.488. The minimum Gasteiger partial charge on any atom is -0.493 e. The molecule has 0 saturated heterocycles.